The molecule has 1 aromatic heterocycles. The van der Waals surface area contributed by atoms with Gasteiger partial charge in [-0.05, 0) is 32.9 Å². The zero-order chi connectivity index (χ0) is 12.8. The van der Waals surface area contributed by atoms with Crippen LogP contribution in [0.25, 0.3) is 0 Å². The van der Waals surface area contributed by atoms with Gasteiger partial charge in [0.25, 0.3) is 0 Å². The fraction of sp³-hybridized carbons (Fsp3) is 0.500. The molecule has 5 heteroatoms. The molecule has 2 N–H and O–H groups in total. The molecule has 0 saturated heterocycles. The summed E-state index contributed by atoms with van der Waals surface area (Å²) in [6, 6.07) is 3.32. The fourth-order valence-corrected chi connectivity index (χ4v) is 1.44. The van der Waals surface area contributed by atoms with Crippen LogP contribution in [0.15, 0.2) is 24.5 Å². The van der Waals surface area contributed by atoms with Crippen LogP contribution in [0.4, 0.5) is 10.5 Å². The number of rotatable bonds is 4. The van der Waals surface area contributed by atoms with Gasteiger partial charge in [-0.1, -0.05) is 0 Å². The maximum atomic E-state index is 12.0. The van der Waals surface area contributed by atoms with Crippen molar-refractivity contribution in [3.05, 3.63) is 24.5 Å². The largest absolute Gasteiger partial charge is 0.392 e. The molecule has 0 unspecified atom stereocenters. The molecule has 0 aliphatic rings. The second-order valence-corrected chi connectivity index (χ2v) is 4.27. The molecule has 1 rings (SSSR count). The van der Waals surface area contributed by atoms with Crippen LogP contribution in [0.2, 0.25) is 0 Å². The zero-order valence-electron chi connectivity index (χ0n) is 10.4. The number of aliphatic hydroxyl groups is 1. The lowest BCUT2D eigenvalue weighted by Crippen LogP contribution is -2.43. The number of urea groups is 1. The molecule has 1 atom stereocenters. The number of carbonyl (C=O) groups is 1. The Morgan fingerprint density at radius 3 is 2.71 bits per heavy atom. The number of carbonyl (C=O) groups excluding carboxylic acids is 1. The number of hydrogen-bond acceptors (Lipinski definition) is 3. The summed E-state index contributed by atoms with van der Waals surface area (Å²) in [4.78, 5) is 17.5. The first kappa shape index (κ1) is 13.4. The topological polar surface area (TPSA) is 65.5 Å². The van der Waals surface area contributed by atoms with Crippen molar-refractivity contribution < 1.29 is 9.90 Å². The number of aromatic nitrogens is 1. The molecule has 0 saturated carbocycles. The first-order valence-electron chi connectivity index (χ1n) is 5.66. The van der Waals surface area contributed by atoms with Crippen LogP contribution in [0.3, 0.4) is 0 Å². The Labute approximate surface area is 101 Å². The molecule has 17 heavy (non-hydrogen) atoms. The van der Waals surface area contributed by atoms with Gasteiger partial charge in [0.05, 0.1) is 18.0 Å². The third-order valence-electron chi connectivity index (χ3n) is 2.26. The van der Waals surface area contributed by atoms with Crippen molar-refractivity contribution in [2.24, 2.45) is 0 Å². The molecule has 0 bridgehead atoms. The molecule has 0 aromatic carbocycles. The monoisotopic (exact) mass is 237 g/mol. The first-order chi connectivity index (χ1) is 8.00. The van der Waals surface area contributed by atoms with Crippen molar-refractivity contribution in [1.29, 1.82) is 0 Å². The van der Waals surface area contributed by atoms with E-state index < -0.39 is 6.10 Å². The van der Waals surface area contributed by atoms with Crippen LogP contribution in [-0.4, -0.2) is 39.7 Å². The van der Waals surface area contributed by atoms with Crippen LogP contribution in [-0.2, 0) is 0 Å². The minimum absolute atomic E-state index is 0.0290. The van der Waals surface area contributed by atoms with Crippen LogP contribution in [0.5, 0.6) is 0 Å². The Bertz CT molecular complexity index is 352. The van der Waals surface area contributed by atoms with Crippen LogP contribution < -0.4 is 5.32 Å². The second-order valence-electron chi connectivity index (χ2n) is 4.27. The molecule has 0 fully saturated rings. The van der Waals surface area contributed by atoms with E-state index in [2.05, 4.69) is 10.3 Å². The molecule has 0 spiro atoms. The number of nitrogens with one attached hydrogen (secondary N) is 1. The third-order valence-corrected chi connectivity index (χ3v) is 2.26. The number of nitrogens with zero attached hydrogens (tertiary/aromatic N) is 2. The minimum atomic E-state index is -0.544. The van der Waals surface area contributed by atoms with E-state index in [1.807, 2.05) is 13.8 Å². The van der Waals surface area contributed by atoms with Crippen LogP contribution in [0.1, 0.15) is 20.8 Å². The number of anilines is 1. The molecule has 94 valence electrons. The van der Waals surface area contributed by atoms with E-state index in [9.17, 15) is 9.90 Å². The molecule has 5 nitrogen and oxygen atoms in total. The predicted octanol–water partition coefficient (Wildman–Crippen LogP) is 1.70. The number of aliphatic hydroxyl groups excluding tert-OH is 1. The lowest BCUT2D eigenvalue weighted by molar-refractivity contribution is 0.125. The van der Waals surface area contributed by atoms with Gasteiger partial charge in [0, 0.05) is 18.8 Å². The predicted molar refractivity (Wildman–Crippen MR) is 66.8 cm³/mol. The summed E-state index contributed by atoms with van der Waals surface area (Å²) in [7, 11) is 0. The Morgan fingerprint density at radius 2 is 2.24 bits per heavy atom. The van der Waals surface area contributed by atoms with E-state index in [0.29, 0.717) is 12.2 Å². The van der Waals surface area contributed by atoms with E-state index in [4.69, 9.17) is 0 Å². The third kappa shape index (κ3) is 4.40. The van der Waals surface area contributed by atoms with Gasteiger partial charge in [0.1, 0.15) is 0 Å². The van der Waals surface area contributed by atoms with Gasteiger partial charge in [-0.15, -0.1) is 0 Å². The highest BCUT2D eigenvalue weighted by Gasteiger charge is 2.18. The highest BCUT2D eigenvalue weighted by molar-refractivity contribution is 5.89. The van der Waals surface area contributed by atoms with Gasteiger partial charge in [-0.2, -0.15) is 0 Å². The fourth-order valence-electron chi connectivity index (χ4n) is 1.44. The van der Waals surface area contributed by atoms with Crippen molar-refractivity contribution >= 4 is 11.7 Å². The van der Waals surface area contributed by atoms with Gasteiger partial charge < -0.3 is 15.3 Å². The highest BCUT2D eigenvalue weighted by Crippen LogP contribution is 2.07. The summed E-state index contributed by atoms with van der Waals surface area (Å²) in [5.41, 5.74) is 0.647. The van der Waals surface area contributed by atoms with Gasteiger partial charge in [-0.25, -0.2) is 4.79 Å². The molecule has 2 amide bonds. The summed E-state index contributed by atoms with van der Waals surface area (Å²) in [5, 5.41) is 12.1. The molecule has 1 aromatic rings. The van der Waals surface area contributed by atoms with Gasteiger partial charge in [-0.3, -0.25) is 4.98 Å². The standard InChI is InChI=1S/C12H19N3O2/c1-9(2)15(8-10(3)16)12(17)14-11-5-4-6-13-7-11/h4-7,9-10,16H,8H2,1-3H3,(H,14,17)/t10-/m1/s1. The summed E-state index contributed by atoms with van der Waals surface area (Å²) in [6.07, 6.45) is 2.68. The van der Waals surface area contributed by atoms with Crippen molar-refractivity contribution in [3.63, 3.8) is 0 Å². The number of amides is 2. The van der Waals surface area contributed by atoms with Crippen LogP contribution in [0, 0.1) is 0 Å². The number of hydrogen-bond donors (Lipinski definition) is 2. The van der Waals surface area contributed by atoms with Crippen LogP contribution >= 0.6 is 0 Å². The average molecular weight is 237 g/mol. The SMILES string of the molecule is CC(C)N(C[C@@H](C)O)C(=O)Nc1cccnc1. The summed E-state index contributed by atoms with van der Waals surface area (Å²) >= 11 is 0. The van der Waals surface area contributed by atoms with E-state index in [0.717, 1.165) is 0 Å². The number of pyridine rings is 1. The molecular formula is C12H19N3O2. The van der Waals surface area contributed by atoms with Gasteiger partial charge in [0.15, 0.2) is 0 Å². The van der Waals surface area contributed by atoms with Crippen molar-refractivity contribution in [3.8, 4) is 0 Å². The first-order valence-corrected chi connectivity index (χ1v) is 5.66. The lowest BCUT2D eigenvalue weighted by atomic mass is 10.3. The summed E-state index contributed by atoms with van der Waals surface area (Å²) < 4.78 is 0. The Balaban J connectivity index is 2.66. The molecule has 0 aliphatic carbocycles. The van der Waals surface area contributed by atoms with Gasteiger partial charge in [0.2, 0.25) is 0 Å². The summed E-state index contributed by atoms with van der Waals surface area (Å²) in [6.45, 7) is 5.78. The molecule has 0 aliphatic heterocycles. The maximum Gasteiger partial charge on any atom is 0.322 e. The average Bonchev–Trinajstić information content (AvgIpc) is 2.26. The van der Waals surface area contributed by atoms with Crippen molar-refractivity contribution in [2.75, 3.05) is 11.9 Å². The Kier molecular flexibility index (Phi) is 4.90. The molecule has 0 radical (unpaired) electrons. The summed E-state index contributed by atoms with van der Waals surface area (Å²) in [5.74, 6) is 0. The molecule has 1 heterocycles. The lowest BCUT2D eigenvalue weighted by Gasteiger charge is -2.28. The zero-order valence-corrected chi connectivity index (χ0v) is 10.4. The van der Waals surface area contributed by atoms with E-state index in [1.54, 1.807) is 36.4 Å². The van der Waals surface area contributed by atoms with Crippen molar-refractivity contribution in [2.45, 2.75) is 32.9 Å². The Morgan fingerprint density at radius 1 is 1.53 bits per heavy atom. The van der Waals surface area contributed by atoms with E-state index in [-0.39, 0.29) is 12.1 Å². The van der Waals surface area contributed by atoms with Crippen molar-refractivity contribution in [1.82, 2.24) is 9.88 Å². The smallest absolute Gasteiger partial charge is 0.322 e. The van der Waals surface area contributed by atoms with E-state index in [1.165, 1.54) is 0 Å². The Hall–Kier alpha value is -1.62. The quantitative estimate of drug-likeness (QED) is 0.837. The molecular weight excluding hydrogens is 218 g/mol. The highest BCUT2D eigenvalue weighted by atomic mass is 16.3. The normalized spacial score (nSPS) is 12.3. The minimum Gasteiger partial charge on any atom is -0.392 e. The maximum absolute atomic E-state index is 12.0. The van der Waals surface area contributed by atoms with Gasteiger partial charge >= 0.3 is 6.03 Å². The second kappa shape index (κ2) is 6.20. The van der Waals surface area contributed by atoms with E-state index >= 15 is 0 Å².